The van der Waals surface area contributed by atoms with Crippen LogP contribution in [0.15, 0.2) is 80.1 Å². The molecule has 202 valence electrons. The molecule has 0 spiro atoms. The molecule has 0 bridgehead atoms. The van der Waals surface area contributed by atoms with Crippen molar-refractivity contribution in [1.82, 2.24) is 4.57 Å². The summed E-state index contributed by atoms with van der Waals surface area (Å²) < 4.78 is 24.0. The van der Waals surface area contributed by atoms with Gasteiger partial charge in [0.1, 0.15) is 11.5 Å². The smallest absolute Gasteiger partial charge is 0.338 e. The standard InChI is InChI=1S/C29H22N2O8S/c1-3-36-28(35)24-15(2)30-29-31(25(24)16-8-10-21-22(12-16)38-14-37-21)26(32)23(40-29)13-17-9-11-20(39-17)18-6-4-5-7-19(18)27(33)34/h4-13,25H,3,14H2,1-2H3,(H,33,34)/b23-13-. The van der Waals surface area contributed by atoms with E-state index < -0.39 is 18.0 Å². The van der Waals surface area contributed by atoms with Crippen LogP contribution in [0.2, 0.25) is 0 Å². The minimum atomic E-state index is -1.07. The third kappa shape index (κ3) is 4.30. The third-order valence-corrected chi connectivity index (χ3v) is 7.54. The minimum absolute atomic E-state index is 0.0865. The number of hydrogen-bond donors (Lipinski definition) is 1. The van der Waals surface area contributed by atoms with Crippen LogP contribution in [0, 0.1) is 0 Å². The molecule has 2 aliphatic heterocycles. The number of carboxylic acid groups (broad SMARTS) is 1. The lowest BCUT2D eigenvalue weighted by Gasteiger charge is -2.24. The van der Waals surface area contributed by atoms with Gasteiger partial charge in [-0.05, 0) is 49.7 Å². The topological polar surface area (TPSA) is 130 Å². The van der Waals surface area contributed by atoms with E-state index in [0.29, 0.717) is 49.2 Å². The van der Waals surface area contributed by atoms with Gasteiger partial charge in [0.05, 0.1) is 34.0 Å². The molecule has 2 aromatic heterocycles. The molecule has 1 unspecified atom stereocenters. The Balaban J connectivity index is 1.48. The molecule has 0 fully saturated rings. The van der Waals surface area contributed by atoms with Gasteiger partial charge in [-0.25, -0.2) is 14.6 Å². The highest BCUT2D eigenvalue weighted by Gasteiger charge is 2.34. The molecule has 1 N–H and O–H groups in total. The zero-order valence-corrected chi connectivity index (χ0v) is 22.2. The van der Waals surface area contributed by atoms with E-state index in [2.05, 4.69) is 4.99 Å². The van der Waals surface area contributed by atoms with Gasteiger partial charge >= 0.3 is 11.9 Å². The summed E-state index contributed by atoms with van der Waals surface area (Å²) in [5.74, 6) is 0.179. The minimum Gasteiger partial charge on any atom is -0.478 e. The number of carboxylic acids is 1. The van der Waals surface area contributed by atoms with Gasteiger partial charge in [-0.3, -0.25) is 9.36 Å². The number of furan rings is 1. The molecule has 4 aromatic rings. The Morgan fingerprint density at radius 2 is 1.95 bits per heavy atom. The Morgan fingerprint density at radius 1 is 1.15 bits per heavy atom. The molecule has 4 heterocycles. The molecule has 0 saturated heterocycles. The molecule has 6 rings (SSSR count). The number of aromatic carboxylic acids is 1. The number of allylic oxidation sites excluding steroid dienone is 1. The fourth-order valence-corrected chi connectivity index (χ4v) is 5.81. The maximum atomic E-state index is 13.8. The molecular weight excluding hydrogens is 536 g/mol. The van der Waals surface area contributed by atoms with E-state index in [0.717, 1.165) is 11.3 Å². The first-order chi connectivity index (χ1) is 19.4. The van der Waals surface area contributed by atoms with Crippen LogP contribution in [0.5, 0.6) is 11.5 Å². The highest BCUT2D eigenvalue weighted by Crippen LogP contribution is 2.38. The fourth-order valence-electron chi connectivity index (χ4n) is 4.78. The number of rotatable bonds is 6. The molecule has 0 amide bonds. The molecule has 0 radical (unpaired) electrons. The normalized spacial score (nSPS) is 16.1. The molecule has 40 heavy (non-hydrogen) atoms. The number of esters is 1. The Hall–Kier alpha value is -4.90. The van der Waals surface area contributed by atoms with Gasteiger partial charge in [-0.1, -0.05) is 35.6 Å². The summed E-state index contributed by atoms with van der Waals surface area (Å²) in [6.07, 6.45) is 1.58. The van der Waals surface area contributed by atoms with Crippen molar-refractivity contribution in [3.8, 4) is 22.8 Å². The highest BCUT2D eigenvalue weighted by atomic mass is 32.1. The van der Waals surface area contributed by atoms with Gasteiger partial charge in [0, 0.05) is 11.6 Å². The third-order valence-electron chi connectivity index (χ3n) is 6.55. The van der Waals surface area contributed by atoms with E-state index >= 15 is 0 Å². The first-order valence-electron chi connectivity index (χ1n) is 12.4. The van der Waals surface area contributed by atoms with Crippen LogP contribution in [0.25, 0.3) is 17.4 Å². The predicted octanol–water partition coefficient (Wildman–Crippen LogP) is 3.49. The van der Waals surface area contributed by atoms with E-state index in [1.807, 2.05) is 0 Å². The Kier molecular flexibility index (Phi) is 6.35. The quantitative estimate of drug-likeness (QED) is 0.356. The van der Waals surface area contributed by atoms with Gasteiger partial charge in [-0.15, -0.1) is 0 Å². The monoisotopic (exact) mass is 558 g/mol. The summed E-state index contributed by atoms with van der Waals surface area (Å²) in [6.45, 7) is 3.68. The van der Waals surface area contributed by atoms with Gasteiger partial charge in [-0.2, -0.15) is 0 Å². The fraction of sp³-hybridized carbons (Fsp3) is 0.172. The van der Waals surface area contributed by atoms with Crippen molar-refractivity contribution in [2.75, 3.05) is 13.4 Å². The van der Waals surface area contributed by atoms with Crippen molar-refractivity contribution in [3.05, 3.63) is 102 Å². The zero-order valence-electron chi connectivity index (χ0n) is 21.4. The van der Waals surface area contributed by atoms with Gasteiger partial charge in [0.25, 0.3) is 5.56 Å². The summed E-state index contributed by atoms with van der Waals surface area (Å²) in [4.78, 5) is 43.5. The van der Waals surface area contributed by atoms with Gasteiger partial charge < -0.3 is 23.7 Å². The summed E-state index contributed by atoms with van der Waals surface area (Å²) in [6, 6.07) is 14.3. The molecule has 2 aliphatic rings. The second kappa shape index (κ2) is 10.0. The lowest BCUT2D eigenvalue weighted by atomic mass is 9.95. The van der Waals surface area contributed by atoms with E-state index in [1.54, 1.807) is 68.5 Å². The number of carbonyl (C=O) groups is 2. The molecule has 2 aromatic carbocycles. The SMILES string of the molecule is CCOC(=O)C1=C(C)N=c2s/c(=C\c3ccc(-c4ccccc4C(=O)O)o3)c(=O)n2C1c1ccc2c(c1)OCO2. The van der Waals surface area contributed by atoms with Crippen molar-refractivity contribution < 1.29 is 33.3 Å². The van der Waals surface area contributed by atoms with Crippen LogP contribution in [0.3, 0.4) is 0 Å². The Labute approximate surface area is 230 Å². The number of ether oxygens (including phenoxy) is 3. The van der Waals surface area contributed by atoms with Crippen molar-refractivity contribution in [2.24, 2.45) is 4.99 Å². The number of benzene rings is 2. The van der Waals surface area contributed by atoms with E-state index in [4.69, 9.17) is 18.6 Å². The van der Waals surface area contributed by atoms with Gasteiger partial charge in [0.15, 0.2) is 16.3 Å². The molecule has 1 atom stereocenters. The number of thiazole rings is 1. The number of carbonyl (C=O) groups excluding carboxylic acids is 1. The number of fused-ring (bicyclic) bond motifs is 2. The van der Waals surface area contributed by atoms with Crippen molar-refractivity contribution in [2.45, 2.75) is 19.9 Å². The molecule has 0 aliphatic carbocycles. The molecule has 10 nitrogen and oxygen atoms in total. The maximum absolute atomic E-state index is 13.8. The molecule has 11 heteroatoms. The number of hydrogen-bond acceptors (Lipinski definition) is 9. The largest absolute Gasteiger partial charge is 0.478 e. The Morgan fingerprint density at radius 3 is 2.75 bits per heavy atom. The van der Waals surface area contributed by atoms with E-state index in [-0.39, 0.29) is 30.1 Å². The predicted molar refractivity (Wildman–Crippen MR) is 144 cm³/mol. The average Bonchev–Trinajstić information content (AvgIpc) is 3.67. The van der Waals surface area contributed by atoms with Crippen molar-refractivity contribution in [1.29, 1.82) is 0 Å². The molecule has 0 saturated carbocycles. The van der Waals surface area contributed by atoms with Gasteiger partial charge in [0.2, 0.25) is 6.79 Å². The van der Waals surface area contributed by atoms with Crippen LogP contribution in [-0.2, 0) is 9.53 Å². The first-order valence-corrected chi connectivity index (χ1v) is 13.2. The summed E-state index contributed by atoms with van der Waals surface area (Å²) in [7, 11) is 0. The second-order valence-electron chi connectivity index (χ2n) is 8.97. The van der Waals surface area contributed by atoms with E-state index in [9.17, 15) is 19.5 Å². The van der Waals surface area contributed by atoms with Crippen LogP contribution in [-0.4, -0.2) is 35.0 Å². The Bertz CT molecular complexity index is 1890. The summed E-state index contributed by atoms with van der Waals surface area (Å²) in [5.41, 5.74) is 1.50. The zero-order chi connectivity index (χ0) is 28.0. The van der Waals surface area contributed by atoms with Crippen molar-refractivity contribution in [3.63, 3.8) is 0 Å². The summed E-state index contributed by atoms with van der Waals surface area (Å²) >= 11 is 1.16. The lowest BCUT2D eigenvalue weighted by molar-refractivity contribution is -0.139. The summed E-state index contributed by atoms with van der Waals surface area (Å²) in [5, 5.41) is 9.53. The second-order valence-corrected chi connectivity index (χ2v) is 9.98. The number of nitrogens with zero attached hydrogens (tertiary/aromatic N) is 2. The van der Waals surface area contributed by atoms with Crippen molar-refractivity contribution >= 4 is 29.4 Å². The van der Waals surface area contributed by atoms with E-state index in [1.165, 1.54) is 10.6 Å². The lowest BCUT2D eigenvalue weighted by Crippen LogP contribution is -2.39. The highest BCUT2D eigenvalue weighted by molar-refractivity contribution is 7.07. The van der Waals surface area contributed by atoms with Crippen LogP contribution >= 0.6 is 11.3 Å². The van der Waals surface area contributed by atoms with Crippen LogP contribution in [0.1, 0.15) is 41.6 Å². The van der Waals surface area contributed by atoms with Crippen LogP contribution in [0.4, 0.5) is 0 Å². The average molecular weight is 559 g/mol. The maximum Gasteiger partial charge on any atom is 0.338 e. The number of aromatic nitrogens is 1. The first kappa shape index (κ1) is 25.4. The molecular formula is C29H22N2O8S. The van der Waals surface area contributed by atoms with Crippen LogP contribution < -0.4 is 24.4 Å².